The van der Waals surface area contributed by atoms with E-state index in [0.717, 1.165) is 28.7 Å². The molecule has 2 bridgehead atoms. The van der Waals surface area contributed by atoms with Gasteiger partial charge in [0, 0.05) is 6.04 Å². The fourth-order valence-electron chi connectivity index (χ4n) is 4.41. The second-order valence-corrected chi connectivity index (χ2v) is 7.10. The van der Waals surface area contributed by atoms with Crippen molar-refractivity contribution < 1.29 is 9.53 Å². The first kappa shape index (κ1) is 11.6. The van der Waals surface area contributed by atoms with Gasteiger partial charge < -0.3 is 15.8 Å². The molecule has 1 aromatic heterocycles. The summed E-state index contributed by atoms with van der Waals surface area (Å²) in [7, 11) is 1.39. The highest BCUT2D eigenvalue weighted by molar-refractivity contribution is 7.18. The molecule has 3 fully saturated rings. The van der Waals surface area contributed by atoms with Gasteiger partial charge in [-0.3, -0.25) is 0 Å². The molecule has 4 atom stereocenters. The lowest BCUT2D eigenvalue weighted by Crippen LogP contribution is -2.11. The van der Waals surface area contributed by atoms with Gasteiger partial charge in [0.25, 0.3) is 0 Å². The fourth-order valence-corrected chi connectivity index (χ4v) is 5.36. The van der Waals surface area contributed by atoms with Gasteiger partial charge in [0.2, 0.25) is 0 Å². The molecule has 3 aliphatic rings. The van der Waals surface area contributed by atoms with Crippen molar-refractivity contribution in [2.45, 2.75) is 25.3 Å². The third-order valence-corrected chi connectivity index (χ3v) is 6.24. The van der Waals surface area contributed by atoms with Crippen molar-refractivity contribution in [1.29, 1.82) is 0 Å². The van der Waals surface area contributed by atoms with Gasteiger partial charge in [0.05, 0.1) is 17.8 Å². The van der Waals surface area contributed by atoms with Crippen LogP contribution >= 0.6 is 11.3 Å². The number of carbonyl (C=O) groups is 1. The molecule has 0 aromatic carbocycles. The number of hydrogen-bond donors (Lipinski definition) is 2. The van der Waals surface area contributed by atoms with E-state index in [9.17, 15) is 4.79 Å². The van der Waals surface area contributed by atoms with Crippen LogP contribution in [-0.2, 0) is 4.74 Å². The molecule has 0 spiro atoms. The predicted octanol–water partition coefficient (Wildman–Crippen LogP) is 2.57. The molecule has 0 radical (unpaired) electrons. The maximum atomic E-state index is 11.5. The summed E-state index contributed by atoms with van der Waals surface area (Å²) in [5, 5.41) is 4.60. The van der Waals surface area contributed by atoms with Crippen molar-refractivity contribution >= 4 is 28.0 Å². The molecule has 0 amide bonds. The van der Waals surface area contributed by atoms with Crippen molar-refractivity contribution in [2.24, 2.45) is 23.7 Å². The van der Waals surface area contributed by atoms with Crippen LogP contribution in [0.1, 0.15) is 28.9 Å². The summed E-state index contributed by atoms with van der Waals surface area (Å²) in [6, 6.07) is 2.49. The second-order valence-electron chi connectivity index (χ2n) is 6.04. The van der Waals surface area contributed by atoms with E-state index in [4.69, 9.17) is 10.5 Å². The number of fused-ring (bicyclic) bond motifs is 5. The molecule has 4 unspecified atom stereocenters. The highest BCUT2D eigenvalue weighted by Crippen LogP contribution is 2.66. The molecule has 102 valence electrons. The summed E-state index contributed by atoms with van der Waals surface area (Å²) in [4.78, 5) is 12.1. The average molecular weight is 278 g/mol. The van der Waals surface area contributed by atoms with Crippen LogP contribution in [0.3, 0.4) is 0 Å². The van der Waals surface area contributed by atoms with Crippen molar-refractivity contribution in [2.75, 3.05) is 18.2 Å². The number of anilines is 2. The molecule has 3 saturated carbocycles. The van der Waals surface area contributed by atoms with Gasteiger partial charge in [-0.2, -0.15) is 0 Å². The summed E-state index contributed by atoms with van der Waals surface area (Å²) in [5.41, 5.74) is 6.39. The Hall–Kier alpha value is -1.23. The highest BCUT2D eigenvalue weighted by Gasteiger charge is 2.65. The van der Waals surface area contributed by atoms with Gasteiger partial charge in [0.15, 0.2) is 0 Å². The Morgan fingerprint density at radius 2 is 2.11 bits per heavy atom. The molecule has 3 aliphatic carbocycles. The summed E-state index contributed by atoms with van der Waals surface area (Å²) in [5.74, 6) is 3.31. The lowest BCUT2D eigenvalue weighted by atomic mass is 10.0. The van der Waals surface area contributed by atoms with E-state index < -0.39 is 0 Å². The van der Waals surface area contributed by atoms with Crippen LogP contribution in [0.25, 0.3) is 0 Å². The minimum absolute atomic E-state index is 0.341. The molecule has 19 heavy (non-hydrogen) atoms. The predicted molar refractivity (Wildman–Crippen MR) is 75.3 cm³/mol. The Bertz CT molecular complexity index is 526. The van der Waals surface area contributed by atoms with Crippen LogP contribution in [0.2, 0.25) is 0 Å². The first-order valence-corrected chi connectivity index (χ1v) is 7.75. The first-order chi connectivity index (χ1) is 9.19. The Labute approximate surface area is 116 Å². The van der Waals surface area contributed by atoms with E-state index >= 15 is 0 Å². The second kappa shape index (κ2) is 3.88. The number of nitrogen functional groups attached to an aromatic ring is 1. The van der Waals surface area contributed by atoms with Gasteiger partial charge in [-0.25, -0.2) is 4.79 Å². The number of thiophene rings is 1. The Morgan fingerprint density at radius 1 is 1.42 bits per heavy atom. The number of nitrogens with one attached hydrogen (secondary N) is 1. The standard InChI is InChI=1S/C14H18N2O2S/c1-18-14(17)13-8(15)5-9(19-13)16-12-10-6-2-3-7(4-6)11(10)12/h5-7,10-12,16H,2-4,15H2,1H3. The van der Waals surface area contributed by atoms with Crippen molar-refractivity contribution in [1.82, 2.24) is 0 Å². The van der Waals surface area contributed by atoms with Gasteiger partial charge in [0.1, 0.15) is 4.88 Å². The van der Waals surface area contributed by atoms with Crippen molar-refractivity contribution in [3.05, 3.63) is 10.9 Å². The van der Waals surface area contributed by atoms with E-state index in [1.54, 1.807) is 0 Å². The van der Waals surface area contributed by atoms with Gasteiger partial charge in [-0.05, 0) is 49.0 Å². The van der Waals surface area contributed by atoms with E-state index in [-0.39, 0.29) is 5.97 Å². The SMILES string of the molecule is COC(=O)c1sc(NC2C3C4CCC(C4)C23)cc1N. The molecule has 3 N–H and O–H groups in total. The normalized spacial score (nSPS) is 38.1. The third kappa shape index (κ3) is 1.60. The summed E-state index contributed by atoms with van der Waals surface area (Å²) in [6.07, 6.45) is 4.29. The van der Waals surface area contributed by atoms with Gasteiger partial charge in [-0.1, -0.05) is 0 Å². The van der Waals surface area contributed by atoms with Crippen LogP contribution in [0, 0.1) is 23.7 Å². The van der Waals surface area contributed by atoms with Crippen LogP contribution in [-0.4, -0.2) is 19.1 Å². The van der Waals surface area contributed by atoms with E-state index in [2.05, 4.69) is 5.32 Å². The molecule has 4 nitrogen and oxygen atoms in total. The maximum Gasteiger partial charge on any atom is 0.350 e. The van der Waals surface area contributed by atoms with Crippen molar-refractivity contribution in [3.8, 4) is 0 Å². The van der Waals surface area contributed by atoms with Crippen LogP contribution in [0.5, 0.6) is 0 Å². The average Bonchev–Trinajstić information content (AvgIpc) is 2.78. The topological polar surface area (TPSA) is 64.3 Å². The number of methoxy groups -OCH3 is 1. The highest BCUT2D eigenvalue weighted by atomic mass is 32.1. The van der Waals surface area contributed by atoms with E-state index in [1.807, 2.05) is 6.07 Å². The lowest BCUT2D eigenvalue weighted by molar-refractivity contribution is 0.0607. The minimum atomic E-state index is -0.341. The number of hydrogen-bond acceptors (Lipinski definition) is 5. The van der Waals surface area contributed by atoms with Crippen molar-refractivity contribution in [3.63, 3.8) is 0 Å². The van der Waals surface area contributed by atoms with Crippen LogP contribution in [0.4, 0.5) is 10.7 Å². The molecule has 1 aromatic rings. The number of esters is 1. The monoisotopic (exact) mass is 278 g/mol. The Morgan fingerprint density at radius 3 is 2.74 bits per heavy atom. The molecular weight excluding hydrogens is 260 g/mol. The minimum Gasteiger partial charge on any atom is -0.465 e. The molecule has 4 rings (SSSR count). The summed E-state index contributed by atoms with van der Waals surface area (Å²) in [6.45, 7) is 0. The zero-order valence-corrected chi connectivity index (χ0v) is 11.7. The van der Waals surface area contributed by atoms with Crippen LogP contribution < -0.4 is 11.1 Å². The zero-order chi connectivity index (χ0) is 13.1. The maximum absolute atomic E-state index is 11.5. The first-order valence-electron chi connectivity index (χ1n) is 6.93. The van der Waals surface area contributed by atoms with Gasteiger partial charge >= 0.3 is 5.97 Å². The van der Waals surface area contributed by atoms with E-state index in [0.29, 0.717) is 16.6 Å². The molecule has 1 heterocycles. The zero-order valence-electron chi connectivity index (χ0n) is 10.9. The lowest BCUT2D eigenvalue weighted by Gasteiger charge is -2.09. The summed E-state index contributed by atoms with van der Waals surface area (Å²) >= 11 is 1.41. The Balaban J connectivity index is 1.49. The number of carbonyl (C=O) groups excluding carboxylic acids is 1. The smallest absolute Gasteiger partial charge is 0.350 e. The molecule has 5 heteroatoms. The number of nitrogens with two attached hydrogens (primary N) is 1. The van der Waals surface area contributed by atoms with E-state index in [1.165, 1.54) is 37.7 Å². The molecule has 0 saturated heterocycles. The molecule has 0 aliphatic heterocycles. The third-order valence-electron chi connectivity index (χ3n) is 5.18. The fraction of sp³-hybridized carbons (Fsp3) is 0.643. The summed E-state index contributed by atoms with van der Waals surface area (Å²) < 4.78 is 4.73. The number of ether oxygens (including phenoxy) is 1. The van der Waals surface area contributed by atoms with Crippen LogP contribution in [0.15, 0.2) is 6.07 Å². The largest absolute Gasteiger partial charge is 0.465 e. The quantitative estimate of drug-likeness (QED) is 0.834. The molecular formula is C14H18N2O2S. The Kier molecular flexibility index (Phi) is 2.37. The number of rotatable bonds is 3. The van der Waals surface area contributed by atoms with Gasteiger partial charge in [-0.15, -0.1) is 11.3 Å².